The quantitative estimate of drug-likeness (QED) is 0.630. The Balaban J connectivity index is 1.63. The number of ketones is 1. The number of likely N-dealkylation sites (tertiary alicyclic amines) is 1. The standard InChI is InChI=1S/C25H35N5O2/c1-4-5-13-32-24-27-22(26)20-15-21(31)25(2,3)30(23(20)28-24)17-19-10-8-9-18(14-19)16-29-11-6-7-12-29/h8-10,14H,4-7,11-13,15-17H2,1-3H3,(H2,26,27,28). The summed E-state index contributed by atoms with van der Waals surface area (Å²) in [6.07, 6.45) is 4.77. The Kier molecular flexibility index (Phi) is 6.65. The molecule has 2 aromatic rings. The largest absolute Gasteiger partial charge is 0.463 e. The molecule has 32 heavy (non-hydrogen) atoms. The third kappa shape index (κ3) is 4.72. The maximum Gasteiger partial charge on any atom is 0.320 e. The molecule has 2 aliphatic heterocycles. The highest BCUT2D eigenvalue weighted by Crippen LogP contribution is 2.38. The first-order valence-corrected chi connectivity index (χ1v) is 11.8. The number of nitrogens with two attached hydrogens (primary N) is 1. The molecule has 0 bridgehead atoms. The summed E-state index contributed by atoms with van der Waals surface area (Å²) in [5.74, 6) is 1.16. The molecule has 1 fully saturated rings. The average Bonchev–Trinajstić information content (AvgIpc) is 3.26. The van der Waals surface area contributed by atoms with E-state index in [0.717, 1.165) is 24.9 Å². The number of nitrogen functional groups attached to an aromatic ring is 1. The fourth-order valence-corrected chi connectivity index (χ4v) is 4.51. The normalized spacial score (nSPS) is 18.1. The second-order valence-electron chi connectivity index (χ2n) is 9.44. The fourth-order valence-electron chi connectivity index (χ4n) is 4.51. The highest BCUT2D eigenvalue weighted by Gasteiger charge is 2.42. The van der Waals surface area contributed by atoms with E-state index in [2.05, 4.69) is 46.0 Å². The minimum absolute atomic E-state index is 0.119. The summed E-state index contributed by atoms with van der Waals surface area (Å²) in [5.41, 5.74) is 8.71. The molecule has 1 aromatic heterocycles. The molecule has 0 unspecified atom stereocenters. The molecule has 7 heteroatoms. The number of hydrogen-bond donors (Lipinski definition) is 1. The van der Waals surface area contributed by atoms with Gasteiger partial charge in [0, 0.05) is 25.1 Å². The van der Waals surface area contributed by atoms with Crippen molar-refractivity contribution < 1.29 is 9.53 Å². The Hall–Kier alpha value is -2.67. The van der Waals surface area contributed by atoms with Crippen LogP contribution in [-0.4, -0.2) is 45.9 Å². The lowest BCUT2D eigenvalue weighted by atomic mass is 9.86. The molecule has 0 aliphatic carbocycles. The second-order valence-corrected chi connectivity index (χ2v) is 9.44. The molecule has 1 saturated heterocycles. The van der Waals surface area contributed by atoms with Crippen LogP contribution in [0.25, 0.3) is 0 Å². The lowest BCUT2D eigenvalue weighted by molar-refractivity contribution is -0.123. The number of carbonyl (C=O) groups is 1. The molecule has 1 aromatic carbocycles. The van der Waals surface area contributed by atoms with Crippen molar-refractivity contribution in [2.75, 3.05) is 30.3 Å². The van der Waals surface area contributed by atoms with Crippen LogP contribution < -0.4 is 15.4 Å². The number of rotatable bonds is 8. The van der Waals surface area contributed by atoms with Gasteiger partial charge < -0.3 is 15.4 Å². The third-order valence-corrected chi connectivity index (χ3v) is 6.61. The van der Waals surface area contributed by atoms with Gasteiger partial charge in [-0.05, 0) is 57.3 Å². The van der Waals surface area contributed by atoms with E-state index in [-0.39, 0.29) is 18.2 Å². The number of nitrogens with zero attached hydrogens (tertiary/aromatic N) is 4. The number of fused-ring (bicyclic) bond motifs is 1. The first-order valence-electron chi connectivity index (χ1n) is 11.8. The molecule has 0 saturated carbocycles. The van der Waals surface area contributed by atoms with Gasteiger partial charge in [0.25, 0.3) is 0 Å². The zero-order valence-corrected chi connectivity index (χ0v) is 19.6. The highest BCUT2D eigenvalue weighted by atomic mass is 16.5. The van der Waals surface area contributed by atoms with Crippen LogP contribution in [0.3, 0.4) is 0 Å². The summed E-state index contributed by atoms with van der Waals surface area (Å²) in [7, 11) is 0. The van der Waals surface area contributed by atoms with Crippen LogP contribution in [0, 0.1) is 0 Å². The van der Waals surface area contributed by atoms with Gasteiger partial charge in [0.15, 0.2) is 5.78 Å². The first kappa shape index (κ1) is 22.5. The minimum atomic E-state index is -0.695. The van der Waals surface area contributed by atoms with Gasteiger partial charge in [0.2, 0.25) is 0 Å². The second kappa shape index (κ2) is 9.45. The van der Waals surface area contributed by atoms with Crippen LogP contribution in [0.15, 0.2) is 24.3 Å². The third-order valence-electron chi connectivity index (χ3n) is 6.61. The van der Waals surface area contributed by atoms with E-state index in [4.69, 9.17) is 15.5 Å². The number of anilines is 2. The van der Waals surface area contributed by atoms with Gasteiger partial charge in [-0.3, -0.25) is 9.69 Å². The van der Waals surface area contributed by atoms with E-state index < -0.39 is 5.54 Å². The molecule has 7 nitrogen and oxygen atoms in total. The molecule has 0 atom stereocenters. The van der Waals surface area contributed by atoms with Crippen LogP contribution in [-0.2, 0) is 24.3 Å². The van der Waals surface area contributed by atoms with Gasteiger partial charge in [0.1, 0.15) is 11.6 Å². The molecule has 0 spiro atoms. The van der Waals surface area contributed by atoms with Crippen molar-refractivity contribution >= 4 is 17.4 Å². The van der Waals surface area contributed by atoms with Gasteiger partial charge in [0.05, 0.1) is 12.1 Å². The lowest BCUT2D eigenvalue weighted by Crippen LogP contribution is -2.54. The predicted molar refractivity (Wildman–Crippen MR) is 127 cm³/mol. The van der Waals surface area contributed by atoms with Crippen molar-refractivity contribution in [3.63, 3.8) is 0 Å². The van der Waals surface area contributed by atoms with Gasteiger partial charge in [-0.15, -0.1) is 0 Å². The molecule has 0 amide bonds. The van der Waals surface area contributed by atoms with Crippen molar-refractivity contribution in [1.82, 2.24) is 14.9 Å². The number of ether oxygens (including phenoxy) is 1. The maximum absolute atomic E-state index is 13.0. The van der Waals surface area contributed by atoms with Crippen LogP contribution in [0.2, 0.25) is 0 Å². The Morgan fingerprint density at radius 1 is 1.12 bits per heavy atom. The summed E-state index contributed by atoms with van der Waals surface area (Å²) in [6, 6.07) is 8.94. The lowest BCUT2D eigenvalue weighted by Gasteiger charge is -2.43. The number of Topliss-reactive ketones (excluding diaryl/α,β-unsaturated/α-hetero) is 1. The summed E-state index contributed by atoms with van der Waals surface area (Å²) in [5, 5.41) is 0. The van der Waals surface area contributed by atoms with Crippen molar-refractivity contribution in [1.29, 1.82) is 0 Å². The van der Waals surface area contributed by atoms with E-state index >= 15 is 0 Å². The zero-order valence-electron chi connectivity index (χ0n) is 19.6. The zero-order chi connectivity index (χ0) is 22.7. The van der Waals surface area contributed by atoms with Crippen molar-refractivity contribution in [3.8, 4) is 6.01 Å². The number of unbranched alkanes of at least 4 members (excludes halogenated alkanes) is 1. The number of carbonyl (C=O) groups excluding carboxylic acids is 1. The molecular weight excluding hydrogens is 402 g/mol. The molecular formula is C25H35N5O2. The predicted octanol–water partition coefficient (Wildman–Crippen LogP) is 3.74. The van der Waals surface area contributed by atoms with Crippen molar-refractivity contribution in [2.45, 2.75) is 71.5 Å². The van der Waals surface area contributed by atoms with Gasteiger partial charge in [-0.1, -0.05) is 37.6 Å². The van der Waals surface area contributed by atoms with Crippen molar-refractivity contribution in [2.24, 2.45) is 0 Å². The minimum Gasteiger partial charge on any atom is -0.463 e. The number of benzene rings is 1. The number of aromatic nitrogens is 2. The summed E-state index contributed by atoms with van der Waals surface area (Å²) in [6.45, 7) is 10.5. The van der Waals surface area contributed by atoms with Crippen LogP contribution in [0.1, 0.15) is 63.1 Å². The molecule has 0 radical (unpaired) electrons. The van der Waals surface area contributed by atoms with E-state index in [0.29, 0.717) is 30.4 Å². The van der Waals surface area contributed by atoms with E-state index in [1.807, 2.05) is 13.8 Å². The maximum atomic E-state index is 13.0. The van der Waals surface area contributed by atoms with Crippen LogP contribution in [0.4, 0.5) is 11.6 Å². The van der Waals surface area contributed by atoms with Crippen molar-refractivity contribution in [3.05, 3.63) is 41.0 Å². The van der Waals surface area contributed by atoms with E-state index in [1.165, 1.54) is 31.5 Å². The monoisotopic (exact) mass is 437 g/mol. The molecule has 172 valence electrons. The number of hydrogen-bond acceptors (Lipinski definition) is 7. The molecule has 2 aliphatic rings. The average molecular weight is 438 g/mol. The molecule has 3 heterocycles. The Bertz CT molecular complexity index is 969. The van der Waals surface area contributed by atoms with E-state index in [9.17, 15) is 4.79 Å². The fraction of sp³-hybridized carbons (Fsp3) is 0.560. The topological polar surface area (TPSA) is 84.6 Å². The Labute approximate surface area is 191 Å². The Morgan fingerprint density at radius 2 is 1.84 bits per heavy atom. The summed E-state index contributed by atoms with van der Waals surface area (Å²) in [4.78, 5) is 26.6. The van der Waals surface area contributed by atoms with Gasteiger partial charge in [-0.25, -0.2) is 0 Å². The van der Waals surface area contributed by atoms with Gasteiger partial charge >= 0.3 is 6.01 Å². The SMILES string of the molecule is CCCCOc1nc(N)c2c(n1)N(Cc1cccc(CN3CCCC3)c1)C(C)(C)C(=O)C2. The smallest absolute Gasteiger partial charge is 0.320 e. The van der Waals surface area contributed by atoms with E-state index in [1.54, 1.807) is 0 Å². The Morgan fingerprint density at radius 3 is 2.56 bits per heavy atom. The summed E-state index contributed by atoms with van der Waals surface area (Å²) >= 11 is 0. The van der Waals surface area contributed by atoms with Crippen LogP contribution >= 0.6 is 0 Å². The molecule has 4 rings (SSSR count). The first-order chi connectivity index (χ1) is 15.4. The molecule has 2 N–H and O–H groups in total. The van der Waals surface area contributed by atoms with Crippen LogP contribution in [0.5, 0.6) is 6.01 Å². The summed E-state index contributed by atoms with van der Waals surface area (Å²) < 4.78 is 5.76. The highest BCUT2D eigenvalue weighted by molar-refractivity contribution is 5.97. The van der Waals surface area contributed by atoms with Gasteiger partial charge in [-0.2, -0.15) is 9.97 Å².